The van der Waals surface area contributed by atoms with Crippen molar-refractivity contribution in [2.75, 3.05) is 13.6 Å². The molecule has 4 fully saturated rings. The number of carbonyl (C=O) groups is 1. The molecule has 4 nitrogen and oxygen atoms in total. The van der Waals surface area contributed by atoms with Crippen molar-refractivity contribution in [3.05, 3.63) is 41.5 Å². The van der Waals surface area contributed by atoms with Crippen LogP contribution in [-0.2, 0) is 11.3 Å². The Bertz CT molecular complexity index is 698. The summed E-state index contributed by atoms with van der Waals surface area (Å²) in [5.41, 5.74) is 4.41. The molecule has 5 rings (SSSR count). The van der Waals surface area contributed by atoms with Gasteiger partial charge in [-0.2, -0.15) is 0 Å². The minimum atomic E-state index is -0.511. The smallest absolute Gasteiger partial charge is 0.267 e. The molecule has 1 amide bonds. The quantitative estimate of drug-likeness (QED) is 0.452. The van der Waals surface area contributed by atoms with Crippen LogP contribution in [0, 0.1) is 29.1 Å². The maximum atomic E-state index is 11.1. The van der Waals surface area contributed by atoms with Crippen LogP contribution in [0.1, 0.15) is 50.2 Å². The molecular weight excluding hydrogens is 336 g/mol. The largest absolute Gasteiger partial charge is 0.302 e. The van der Waals surface area contributed by atoms with Crippen molar-refractivity contribution in [2.45, 2.75) is 45.6 Å². The van der Waals surface area contributed by atoms with Crippen LogP contribution in [-0.4, -0.2) is 29.6 Å². The first kappa shape index (κ1) is 18.7. The van der Waals surface area contributed by atoms with E-state index in [0.717, 1.165) is 35.8 Å². The third kappa shape index (κ3) is 3.83. The second kappa shape index (κ2) is 7.40. The average molecular weight is 369 g/mol. The predicted octanol–water partition coefficient (Wildman–Crippen LogP) is 4.10. The number of nitrogens with one attached hydrogen (secondary N) is 1. The van der Waals surface area contributed by atoms with E-state index in [1.165, 1.54) is 50.3 Å². The van der Waals surface area contributed by atoms with Crippen LogP contribution in [0.15, 0.2) is 30.3 Å². The van der Waals surface area contributed by atoms with Crippen LogP contribution in [0.2, 0.25) is 0 Å². The molecule has 146 valence electrons. The molecule has 4 heteroatoms. The van der Waals surface area contributed by atoms with Gasteiger partial charge in [-0.05, 0) is 85.4 Å². The summed E-state index contributed by atoms with van der Waals surface area (Å²) in [6, 6.07) is 8.32. The van der Waals surface area contributed by atoms with Crippen LogP contribution >= 0.6 is 0 Å². The molecule has 4 bridgehead atoms. The first-order valence-corrected chi connectivity index (χ1v) is 10.4. The third-order valence-corrected chi connectivity index (χ3v) is 7.56. The van der Waals surface area contributed by atoms with E-state index < -0.39 is 5.91 Å². The Labute approximate surface area is 162 Å². The summed E-state index contributed by atoms with van der Waals surface area (Å²) in [4.78, 5) is 13.6. The first-order chi connectivity index (χ1) is 13.0. The second-order valence-electron chi connectivity index (χ2n) is 9.48. The molecule has 0 heterocycles. The Balaban J connectivity index is 1.37. The molecule has 4 aliphatic carbocycles. The lowest BCUT2D eigenvalue weighted by atomic mass is 9.45. The van der Waals surface area contributed by atoms with Crippen molar-refractivity contribution in [3.8, 4) is 0 Å². The maximum Gasteiger partial charge on any atom is 0.267 e. The van der Waals surface area contributed by atoms with Gasteiger partial charge in [0.05, 0.1) is 0 Å². The Morgan fingerprint density at radius 2 is 1.89 bits per heavy atom. The lowest BCUT2D eigenvalue weighted by Gasteiger charge is -2.61. The molecular formula is C23H32N2O2. The van der Waals surface area contributed by atoms with E-state index in [1.807, 2.05) is 12.1 Å². The number of hydroxylamine groups is 1. The maximum absolute atomic E-state index is 11.1. The van der Waals surface area contributed by atoms with Crippen LogP contribution in [0.3, 0.4) is 0 Å². The Morgan fingerprint density at radius 3 is 2.52 bits per heavy atom. The number of hydrogen-bond donors (Lipinski definition) is 2. The van der Waals surface area contributed by atoms with Crippen LogP contribution in [0.4, 0.5) is 0 Å². The van der Waals surface area contributed by atoms with E-state index in [2.05, 4.69) is 31.0 Å². The summed E-state index contributed by atoms with van der Waals surface area (Å²) >= 11 is 0. The number of amides is 1. The van der Waals surface area contributed by atoms with Gasteiger partial charge >= 0.3 is 0 Å². The highest BCUT2D eigenvalue weighted by atomic mass is 16.5. The molecule has 0 saturated heterocycles. The normalized spacial score (nSPS) is 34.5. The van der Waals surface area contributed by atoms with Gasteiger partial charge in [-0.25, -0.2) is 5.48 Å². The molecule has 2 N–H and O–H groups in total. The highest BCUT2D eigenvalue weighted by Gasteiger charge is 2.55. The highest BCUT2D eigenvalue weighted by molar-refractivity contribution is 5.90. The molecule has 4 saturated carbocycles. The Morgan fingerprint density at radius 1 is 1.22 bits per heavy atom. The van der Waals surface area contributed by atoms with E-state index in [9.17, 15) is 4.79 Å². The Hall–Kier alpha value is -1.65. The minimum absolute atomic E-state index is 0.511. The van der Waals surface area contributed by atoms with Crippen LogP contribution in [0.5, 0.6) is 0 Å². The topological polar surface area (TPSA) is 52.6 Å². The molecule has 1 aromatic carbocycles. The van der Waals surface area contributed by atoms with Gasteiger partial charge in [0.2, 0.25) is 0 Å². The zero-order valence-corrected chi connectivity index (χ0v) is 16.5. The van der Waals surface area contributed by atoms with Gasteiger partial charge < -0.3 is 4.90 Å². The monoisotopic (exact) mass is 368 g/mol. The Kier molecular flexibility index (Phi) is 5.13. The van der Waals surface area contributed by atoms with Gasteiger partial charge in [-0.3, -0.25) is 10.0 Å². The molecule has 27 heavy (non-hydrogen) atoms. The minimum Gasteiger partial charge on any atom is -0.302 e. The third-order valence-electron chi connectivity index (χ3n) is 7.56. The van der Waals surface area contributed by atoms with E-state index in [-0.39, 0.29) is 0 Å². The molecule has 3 atom stereocenters. The van der Waals surface area contributed by atoms with Crippen molar-refractivity contribution in [3.63, 3.8) is 0 Å². The summed E-state index contributed by atoms with van der Waals surface area (Å²) < 4.78 is 0. The average Bonchev–Trinajstić information content (AvgIpc) is 2.64. The van der Waals surface area contributed by atoms with E-state index in [0.29, 0.717) is 5.41 Å². The van der Waals surface area contributed by atoms with Crippen molar-refractivity contribution < 1.29 is 10.0 Å². The summed E-state index contributed by atoms with van der Waals surface area (Å²) in [6.07, 6.45) is 10.4. The van der Waals surface area contributed by atoms with E-state index in [4.69, 9.17) is 5.21 Å². The zero-order valence-electron chi connectivity index (χ0n) is 16.5. The lowest BCUT2D eigenvalue weighted by molar-refractivity contribution is -0.124. The van der Waals surface area contributed by atoms with Gasteiger partial charge in [0.1, 0.15) is 0 Å². The predicted molar refractivity (Wildman–Crippen MR) is 107 cm³/mol. The molecule has 0 radical (unpaired) electrons. The van der Waals surface area contributed by atoms with Crippen molar-refractivity contribution in [1.82, 2.24) is 10.4 Å². The lowest BCUT2D eigenvalue weighted by Crippen LogP contribution is -2.55. The number of carbonyl (C=O) groups excluding carboxylic acids is 1. The standard InChI is InChI=1S/C23H32N2O2/c1-16-21-10-19-9-20(11-21)13-23(16,12-19)15-25(2)14-18-5-3-17(4-6-18)7-8-22(26)24-27/h3-8,16,19-21,27H,9-15H2,1-2H3,(H,24,26)/b8-7+/t16-,19?,20?,21?,23?/m0/s1. The summed E-state index contributed by atoms with van der Waals surface area (Å²) in [5.74, 6) is 3.33. The molecule has 0 spiro atoms. The van der Waals surface area contributed by atoms with Crippen LogP contribution in [0.25, 0.3) is 6.08 Å². The van der Waals surface area contributed by atoms with E-state index >= 15 is 0 Å². The fourth-order valence-electron chi connectivity index (χ4n) is 6.58. The fraction of sp³-hybridized carbons (Fsp3) is 0.609. The second-order valence-corrected chi connectivity index (χ2v) is 9.48. The zero-order chi connectivity index (χ0) is 19.0. The van der Waals surface area contributed by atoms with Gasteiger partial charge in [0.25, 0.3) is 5.91 Å². The number of hydrogen-bond acceptors (Lipinski definition) is 3. The fourth-order valence-corrected chi connectivity index (χ4v) is 6.58. The molecule has 4 aliphatic rings. The van der Waals surface area contributed by atoms with Crippen molar-refractivity contribution in [2.24, 2.45) is 29.1 Å². The summed E-state index contributed by atoms with van der Waals surface area (Å²) in [6.45, 7) is 4.71. The number of rotatable bonds is 6. The van der Waals surface area contributed by atoms with Gasteiger partial charge in [-0.1, -0.05) is 31.2 Å². The van der Waals surface area contributed by atoms with Crippen molar-refractivity contribution in [1.29, 1.82) is 0 Å². The molecule has 0 aliphatic heterocycles. The summed E-state index contributed by atoms with van der Waals surface area (Å²) in [5, 5.41) is 8.53. The summed E-state index contributed by atoms with van der Waals surface area (Å²) in [7, 11) is 2.27. The molecule has 2 unspecified atom stereocenters. The van der Waals surface area contributed by atoms with Gasteiger partial charge in [-0.15, -0.1) is 0 Å². The van der Waals surface area contributed by atoms with Gasteiger partial charge in [0.15, 0.2) is 0 Å². The number of nitrogens with zero attached hydrogens (tertiary/aromatic N) is 1. The SMILES string of the molecule is C[C@H]1C2CC3CC(C2)CC1(CN(C)Cc1ccc(/C=C/C(=O)NO)cc1)C3. The number of benzene rings is 1. The first-order valence-electron chi connectivity index (χ1n) is 10.4. The molecule has 0 aromatic heterocycles. The van der Waals surface area contributed by atoms with Crippen molar-refractivity contribution >= 4 is 12.0 Å². The van der Waals surface area contributed by atoms with Gasteiger partial charge in [0, 0.05) is 19.2 Å². The highest BCUT2D eigenvalue weighted by Crippen LogP contribution is 2.62. The van der Waals surface area contributed by atoms with E-state index in [1.54, 1.807) is 11.6 Å². The molecule has 1 aromatic rings. The van der Waals surface area contributed by atoms with Crippen LogP contribution < -0.4 is 5.48 Å².